The molecule has 2 heterocycles. The van der Waals surface area contributed by atoms with Crippen molar-refractivity contribution in [3.05, 3.63) is 0 Å². The van der Waals surface area contributed by atoms with Crippen molar-refractivity contribution >= 4 is 28.7 Å². The lowest BCUT2D eigenvalue weighted by Gasteiger charge is -2.32. The number of amides is 2. The maximum absolute atomic E-state index is 12.1. The summed E-state index contributed by atoms with van der Waals surface area (Å²) in [7, 11) is 0. The maximum atomic E-state index is 12.1. The molecule has 0 spiro atoms. The number of nitrogens with zero attached hydrogens (tertiary/aromatic N) is 2. The second kappa shape index (κ2) is 6.93. The number of likely N-dealkylation sites (tertiary alicyclic amines) is 1. The van der Waals surface area contributed by atoms with Crippen LogP contribution in [0.25, 0.3) is 0 Å². The Balaban J connectivity index is 1.85. The Bertz CT molecular complexity index is 384. The molecule has 1 N–H and O–H groups in total. The molecular formula is C13H21N3O2S. The number of piperidine rings is 1. The van der Waals surface area contributed by atoms with Gasteiger partial charge in [-0.2, -0.15) is 0 Å². The van der Waals surface area contributed by atoms with E-state index in [1.807, 2.05) is 11.8 Å². The predicted octanol–water partition coefficient (Wildman–Crippen LogP) is 1.24. The first kappa shape index (κ1) is 14.4. The van der Waals surface area contributed by atoms with Crippen molar-refractivity contribution in [2.45, 2.75) is 32.6 Å². The molecule has 0 bridgehead atoms. The summed E-state index contributed by atoms with van der Waals surface area (Å²) in [5.41, 5.74) is 0. The number of carbonyl (C=O) groups is 2. The first-order chi connectivity index (χ1) is 9.20. The van der Waals surface area contributed by atoms with E-state index in [-0.39, 0.29) is 17.7 Å². The lowest BCUT2D eigenvalue weighted by atomic mass is 9.97. The number of rotatable bonds is 3. The average Bonchev–Trinajstić information content (AvgIpc) is 2.92. The molecule has 0 aromatic heterocycles. The van der Waals surface area contributed by atoms with Crippen LogP contribution in [-0.2, 0) is 9.59 Å². The molecule has 2 aliphatic rings. The Morgan fingerprint density at radius 2 is 2.37 bits per heavy atom. The van der Waals surface area contributed by atoms with E-state index < -0.39 is 0 Å². The zero-order chi connectivity index (χ0) is 13.7. The van der Waals surface area contributed by atoms with Crippen LogP contribution in [0.4, 0.5) is 0 Å². The van der Waals surface area contributed by atoms with Crippen molar-refractivity contribution in [3.8, 4) is 0 Å². The number of nitrogens with one attached hydrogen (secondary N) is 1. The quantitative estimate of drug-likeness (QED) is 0.848. The van der Waals surface area contributed by atoms with Crippen LogP contribution in [0.2, 0.25) is 0 Å². The topological polar surface area (TPSA) is 61.8 Å². The van der Waals surface area contributed by atoms with Gasteiger partial charge in [0.25, 0.3) is 0 Å². The molecule has 5 nitrogen and oxygen atoms in total. The van der Waals surface area contributed by atoms with Crippen LogP contribution in [0.3, 0.4) is 0 Å². The minimum Gasteiger partial charge on any atom is -0.342 e. The van der Waals surface area contributed by atoms with Crippen molar-refractivity contribution < 1.29 is 9.59 Å². The number of hydrogen-bond acceptors (Lipinski definition) is 4. The van der Waals surface area contributed by atoms with E-state index in [1.54, 1.807) is 11.8 Å². The van der Waals surface area contributed by atoms with Gasteiger partial charge in [0.2, 0.25) is 11.8 Å². The van der Waals surface area contributed by atoms with Gasteiger partial charge in [-0.1, -0.05) is 18.7 Å². The molecule has 1 saturated heterocycles. The molecule has 0 aromatic rings. The van der Waals surface area contributed by atoms with E-state index in [9.17, 15) is 9.59 Å². The molecule has 0 radical (unpaired) electrons. The summed E-state index contributed by atoms with van der Waals surface area (Å²) >= 11 is 1.59. The molecule has 2 amide bonds. The second-order valence-corrected chi connectivity index (χ2v) is 6.04. The molecule has 0 unspecified atom stereocenters. The van der Waals surface area contributed by atoms with Gasteiger partial charge in [-0.3, -0.25) is 14.6 Å². The summed E-state index contributed by atoms with van der Waals surface area (Å²) in [5.74, 6) is 1.05. The van der Waals surface area contributed by atoms with Crippen LogP contribution in [0.15, 0.2) is 4.99 Å². The third-order valence-corrected chi connectivity index (χ3v) is 4.32. The van der Waals surface area contributed by atoms with Gasteiger partial charge in [-0.05, 0) is 19.3 Å². The minimum atomic E-state index is -0.0848. The molecule has 19 heavy (non-hydrogen) atoms. The van der Waals surface area contributed by atoms with Crippen molar-refractivity contribution in [2.24, 2.45) is 10.9 Å². The molecule has 6 heteroatoms. The fourth-order valence-electron chi connectivity index (χ4n) is 2.41. The van der Waals surface area contributed by atoms with Crippen molar-refractivity contribution in [2.75, 3.05) is 25.4 Å². The second-order valence-electron chi connectivity index (χ2n) is 4.95. The predicted molar refractivity (Wildman–Crippen MR) is 77.1 cm³/mol. The molecule has 1 fully saturated rings. The van der Waals surface area contributed by atoms with E-state index in [0.29, 0.717) is 13.0 Å². The van der Waals surface area contributed by atoms with E-state index in [2.05, 4.69) is 10.3 Å². The molecule has 0 aliphatic carbocycles. The highest BCUT2D eigenvalue weighted by atomic mass is 32.2. The lowest BCUT2D eigenvalue weighted by Crippen LogP contribution is -2.46. The summed E-state index contributed by atoms with van der Waals surface area (Å²) in [5, 5.41) is 3.61. The monoisotopic (exact) mass is 283 g/mol. The SMILES string of the molecule is CCCC(=O)N1CCC[C@@H](C(=O)NC2=NCCS2)C1. The molecule has 0 saturated carbocycles. The van der Waals surface area contributed by atoms with Gasteiger partial charge in [0.1, 0.15) is 0 Å². The van der Waals surface area contributed by atoms with Crippen LogP contribution >= 0.6 is 11.8 Å². The zero-order valence-corrected chi connectivity index (χ0v) is 12.2. The van der Waals surface area contributed by atoms with Gasteiger partial charge < -0.3 is 10.2 Å². The highest BCUT2D eigenvalue weighted by Crippen LogP contribution is 2.19. The average molecular weight is 283 g/mol. The van der Waals surface area contributed by atoms with E-state index >= 15 is 0 Å². The Morgan fingerprint density at radius 3 is 3.05 bits per heavy atom. The third kappa shape index (κ3) is 3.96. The first-order valence-corrected chi connectivity index (χ1v) is 7.95. The van der Waals surface area contributed by atoms with Gasteiger partial charge in [0.15, 0.2) is 5.17 Å². The lowest BCUT2D eigenvalue weighted by molar-refractivity contribution is -0.135. The number of amidine groups is 1. The van der Waals surface area contributed by atoms with Crippen LogP contribution in [0, 0.1) is 5.92 Å². The van der Waals surface area contributed by atoms with E-state index in [0.717, 1.165) is 43.3 Å². The molecule has 106 valence electrons. The Kier molecular flexibility index (Phi) is 5.24. The fourth-order valence-corrected chi connectivity index (χ4v) is 3.14. The summed E-state index contributed by atoms with van der Waals surface area (Å²) in [6.07, 6.45) is 3.21. The van der Waals surface area contributed by atoms with Gasteiger partial charge in [-0.15, -0.1) is 0 Å². The third-order valence-electron chi connectivity index (χ3n) is 3.42. The zero-order valence-electron chi connectivity index (χ0n) is 11.4. The van der Waals surface area contributed by atoms with Crippen molar-refractivity contribution in [3.63, 3.8) is 0 Å². The van der Waals surface area contributed by atoms with Crippen molar-refractivity contribution in [1.29, 1.82) is 0 Å². The van der Waals surface area contributed by atoms with Gasteiger partial charge in [0, 0.05) is 25.3 Å². The van der Waals surface area contributed by atoms with Crippen LogP contribution in [-0.4, -0.2) is 47.3 Å². The molecule has 0 aromatic carbocycles. The van der Waals surface area contributed by atoms with Crippen molar-refractivity contribution in [1.82, 2.24) is 10.2 Å². The molecule has 2 aliphatic heterocycles. The van der Waals surface area contributed by atoms with Crippen LogP contribution in [0.5, 0.6) is 0 Å². The number of hydrogen-bond donors (Lipinski definition) is 1. The molecule has 1 atom stereocenters. The van der Waals surface area contributed by atoms with Gasteiger partial charge >= 0.3 is 0 Å². The van der Waals surface area contributed by atoms with Gasteiger partial charge in [0.05, 0.1) is 12.5 Å². The largest absolute Gasteiger partial charge is 0.342 e. The Morgan fingerprint density at radius 1 is 1.53 bits per heavy atom. The van der Waals surface area contributed by atoms with E-state index in [1.165, 1.54) is 0 Å². The minimum absolute atomic E-state index is 0.0159. The fraction of sp³-hybridized carbons (Fsp3) is 0.769. The standard InChI is InChI=1S/C13H21N3O2S/c1-2-4-11(17)16-7-3-5-10(9-16)12(18)15-13-14-6-8-19-13/h10H,2-9H2,1H3,(H,14,15,18)/t10-/m1/s1. The smallest absolute Gasteiger partial charge is 0.230 e. The highest BCUT2D eigenvalue weighted by molar-refractivity contribution is 8.14. The Hall–Kier alpha value is -1.04. The summed E-state index contributed by atoms with van der Waals surface area (Å²) < 4.78 is 0. The first-order valence-electron chi connectivity index (χ1n) is 6.96. The normalized spacial score (nSPS) is 23.1. The Labute approximate surface area is 118 Å². The van der Waals surface area contributed by atoms with Crippen LogP contribution in [0.1, 0.15) is 32.6 Å². The van der Waals surface area contributed by atoms with Crippen LogP contribution < -0.4 is 5.32 Å². The molecular weight excluding hydrogens is 262 g/mol. The summed E-state index contributed by atoms with van der Waals surface area (Å²) in [6, 6.07) is 0. The maximum Gasteiger partial charge on any atom is 0.230 e. The summed E-state index contributed by atoms with van der Waals surface area (Å²) in [6.45, 7) is 4.13. The summed E-state index contributed by atoms with van der Waals surface area (Å²) in [4.78, 5) is 30.1. The van der Waals surface area contributed by atoms with E-state index in [4.69, 9.17) is 0 Å². The highest BCUT2D eigenvalue weighted by Gasteiger charge is 2.28. The number of aliphatic imine (C=N–C) groups is 1. The van der Waals surface area contributed by atoms with Gasteiger partial charge in [-0.25, -0.2) is 0 Å². The number of carbonyl (C=O) groups excluding carboxylic acids is 2. The molecule has 2 rings (SSSR count). The number of thioether (sulfide) groups is 1.